The zero-order valence-electron chi connectivity index (χ0n) is 9.81. The van der Waals surface area contributed by atoms with Crippen LogP contribution in [0.5, 0.6) is 5.75 Å². The summed E-state index contributed by atoms with van der Waals surface area (Å²) in [6, 6.07) is 7.17. The highest BCUT2D eigenvalue weighted by Gasteiger charge is 2.16. The van der Waals surface area contributed by atoms with Gasteiger partial charge >= 0.3 is 0 Å². The molecule has 1 aromatic heterocycles. The lowest BCUT2D eigenvalue weighted by Crippen LogP contribution is -2.21. The smallest absolute Gasteiger partial charge is 0.115 e. The van der Waals surface area contributed by atoms with Crippen molar-refractivity contribution >= 4 is 0 Å². The highest BCUT2D eigenvalue weighted by molar-refractivity contribution is 5.60. The molecule has 0 saturated carbocycles. The normalized spacial score (nSPS) is 11.7. The highest BCUT2D eigenvalue weighted by Crippen LogP contribution is 2.26. The van der Waals surface area contributed by atoms with Crippen LogP contribution in [0.25, 0.3) is 11.3 Å². The van der Waals surface area contributed by atoms with Crippen molar-refractivity contribution in [3.8, 4) is 17.0 Å². The van der Waals surface area contributed by atoms with Crippen LogP contribution in [0, 0.1) is 0 Å². The molecule has 0 saturated heterocycles. The third kappa shape index (κ3) is 1.94. The number of imidazole rings is 1. The Bertz CT molecular complexity index is 477. The van der Waals surface area contributed by atoms with Crippen LogP contribution >= 0.6 is 0 Å². The molecule has 0 aliphatic rings. The van der Waals surface area contributed by atoms with Crippen molar-refractivity contribution in [1.82, 2.24) is 9.55 Å². The largest absolute Gasteiger partial charge is 0.508 e. The Balaban J connectivity index is 2.49. The second-order valence-corrected chi connectivity index (χ2v) is 4.87. The fourth-order valence-electron chi connectivity index (χ4n) is 1.68. The minimum atomic E-state index is 0.00369. The Hall–Kier alpha value is -1.77. The topological polar surface area (TPSA) is 38.0 Å². The number of rotatable bonds is 1. The van der Waals surface area contributed by atoms with E-state index in [4.69, 9.17) is 0 Å². The van der Waals surface area contributed by atoms with Gasteiger partial charge in [0.1, 0.15) is 5.75 Å². The summed E-state index contributed by atoms with van der Waals surface area (Å²) in [5.41, 5.74) is 2.13. The molecule has 0 fully saturated rings. The van der Waals surface area contributed by atoms with Gasteiger partial charge in [0.05, 0.1) is 18.2 Å². The van der Waals surface area contributed by atoms with Gasteiger partial charge in [-0.3, -0.25) is 0 Å². The third-order valence-electron chi connectivity index (χ3n) is 2.52. The Morgan fingerprint density at radius 1 is 1.12 bits per heavy atom. The van der Waals surface area contributed by atoms with Gasteiger partial charge in [-0.2, -0.15) is 0 Å². The number of aromatic hydroxyl groups is 1. The maximum absolute atomic E-state index is 9.26. The molecule has 0 unspecified atom stereocenters. The van der Waals surface area contributed by atoms with E-state index in [2.05, 4.69) is 30.3 Å². The van der Waals surface area contributed by atoms with Crippen LogP contribution < -0.4 is 0 Å². The van der Waals surface area contributed by atoms with E-state index in [1.165, 1.54) is 0 Å². The van der Waals surface area contributed by atoms with E-state index in [1.807, 2.05) is 24.7 Å². The molecular weight excluding hydrogens is 200 g/mol. The van der Waals surface area contributed by atoms with Crippen LogP contribution in [-0.4, -0.2) is 14.7 Å². The Morgan fingerprint density at radius 2 is 1.75 bits per heavy atom. The second kappa shape index (κ2) is 3.67. The fourth-order valence-corrected chi connectivity index (χ4v) is 1.68. The van der Waals surface area contributed by atoms with Crippen LogP contribution in [0.2, 0.25) is 0 Å². The Kier molecular flexibility index (Phi) is 2.46. The number of benzene rings is 1. The molecule has 84 valence electrons. The van der Waals surface area contributed by atoms with Crippen LogP contribution in [0.15, 0.2) is 36.8 Å². The van der Waals surface area contributed by atoms with Crippen LogP contribution in [-0.2, 0) is 5.54 Å². The molecular formula is C13H16N2O. The maximum Gasteiger partial charge on any atom is 0.115 e. The van der Waals surface area contributed by atoms with Crippen molar-refractivity contribution in [2.75, 3.05) is 0 Å². The summed E-state index contributed by atoms with van der Waals surface area (Å²) < 4.78 is 2.12. The van der Waals surface area contributed by atoms with Gasteiger partial charge in [0, 0.05) is 11.1 Å². The van der Waals surface area contributed by atoms with Gasteiger partial charge < -0.3 is 9.67 Å². The number of phenolic OH excluding ortho intramolecular Hbond substituents is 1. The van der Waals surface area contributed by atoms with E-state index in [0.29, 0.717) is 0 Å². The third-order valence-corrected chi connectivity index (χ3v) is 2.52. The summed E-state index contributed by atoms with van der Waals surface area (Å²) in [7, 11) is 0. The van der Waals surface area contributed by atoms with Gasteiger partial charge in [0.2, 0.25) is 0 Å². The quantitative estimate of drug-likeness (QED) is 0.795. The van der Waals surface area contributed by atoms with Crippen molar-refractivity contribution < 1.29 is 5.11 Å². The number of nitrogens with zero attached hydrogens (tertiary/aromatic N) is 2. The van der Waals surface area contributed by atoms with Gasteiger partial charge in [0.15, 0.2) is 0 Å². The lowest BCUT2D eigenvalue weighted by molar-refractivity contribution is 0.400. The molecule has 3 nitrogen and oxygen atoms in total. The Morgan fingerprint density at radius 3 is 2.31 bits per heavy atom. The van der Waals surface area contributed by atoms with Gasteiger partial charge in [-0.15, -0.1) is 0 Å². The van der Waals surface area contributed by atoms with Crippen molar-refractivity contribution in [3.63, 3.8) is 0 Å². The van der Waals surface area contributed by atoms with Crippen molar-refractivity contribution in [3.05, 3.63) is 36.8 Å². The molecule has 1 N–H and O–H groups in total. The first kappa shape index (κ1) is 10.7. The average molecular weight is 216 g/mol. The first-order valence-electron chi connectivity index (χ1n) is 5.31. The predicted octanol–water partition coefficient (Wildman–Crippen LogP) is 3.01. The summed E-state index contributed by atoms with van der Waals surface area (Å²) >= 11 is 0. The number of hydrogen-bond acceptors (Lipinski definition) is 2. The molecule has 16 heavy (non-hydrogen) atoms. The molecule has 2 rings (SSSR count). The van der Waals surface area contributed by atoms with Gasteiger partial charge in [-0.25, -0.2) is 4.98 Å². The fraction of sp³-hybridized carbons (Fsp3) is 0.308. The molecule has 0 amide bonds. The van der Waals surface area contributed by atoms with E-state index in [-0.39, 0.29) is 11.3 Å². The first-order valence-corrected chi connectivity index (χ1v) is 5.31. The summed E-state index contributed by atoms with van der Waals surface area (Å²) in [6.07, 6.45) is 3.68. The average Bonchev–Trinajstić information content (AvgIpc) is 2.66. The minimum absolute atomic E-state index is 0.00369. The van der Waals surface area contributed by atoms with Gasteiger partial charge in [-0.1, -0.05) is 0 Å². The van der Waals surface area contributed by atoms with Crippen molar-refractivity contribution in [2.24, 2.45) is 0 Å². The lowest BCUT2D eigenvalue weighted by Gasteiger charge is -2.23. The highest BCUT2D eigenvalue weighted by atomic mass is 16.3. The van der Waals surface area contributed by atoms with Gasteiger partial charge in [-0.05, 0) is 45.0 Å². The Labute approximate surface area is 95.4 Å². The molecule has 2 aromatic rings. The molecule has 3 heteroatoms. The zero-order valence-corrected chi connectivity index (χ0v) is 9.81. The van der Waals surface area contributed by atoms with E-state index in [1.54, 1.807) is 12.1 Å². The van der Waals surface area contributed by atoms with Crippen LogP contribution in [0.3, 0.4) is 0 Å². The van der Waals surface area contributed by atoms with E-state index >= 15 is 0 Å². The standard InChI is InChI=1S/C13H16N2O/c1-13(2,3)15-9-14-8-12(15)10-4-6-11(16)7-5-10/h4-9,16H,1-3H3. The van der Waals surface area contributed by atoms with E-state index in [9.17, 15) is 5.11 Å². The second-order valence-electron chi connectivity index (χ2n) is 4.87. The minimum Gasteiger partial charge on any atom is -0.508 e. The predicted molar refractivity (Wildman–Crippen MR) is 64.3 cm³/mol. The molecule has 1 heterocycles. The summed E-state index contributed by atoms with van der Waals surface area (Å²) in [4.78, 5) is 4.19. The molecule has 0 bridgehead atoms. The summed E-state index contributed by atoms with van der Waals surface area (Å²) in [5.74, 6) is 0.283. The summed E-state index contributed by atoms with van der Waals surface area (Å²) in [5, 5.41) is 9.26. The molecule has 0 aliphatic heterocycles. The number of hydrogen-bond donors (Lipinski definition) is 1. The van der Waals surface area contributed by atoms with E-state index < -0.39 is 0 Å². The molecule has 0 spiro atoms. The summed E-state index contributed by atoms with van der Waals surface area (Å²) in [6.45, 7) is 6.41. The SMILES string of the molecule is CC(C)(C)n1cncc1-c1ccc(O)cc1. The number of phenols is 1. The maximum atomic E-state index is 9.26. The van der Waals surface area contributed by atoms with Crippen molar-refractivity contribution in [2.45, 2.75) is 26.3 Å². The first-order chi connectivity index (χ1) is 7.48. The zero-order chi connectivity index (χ0) is 11.8. The molecule has 0 radical (unpaired) electrons. The molecule has 0 aliphatic carbocycles. The van der Waals surface area contributed by atoms with Crippen LogP contribution in [0.4, 0.5) is 0 Å². The number of aromatic nitrogens is 2. The van der Waals surface area contributed by atoms with Gasteiger partial charge in [0.25, 0.3) is 0 Å². The van der Waals surface area contributed by atoms with Crippen LogP contribution in [0.1, 0.15) is 20.8 Å². The molecule has 0 atom stereocenters. The van der Waals surface area contributed by atoms with E-state index in [0.717, 1.165) is 11.3 Å². The van der Waals surface area contributed by atoms with Crippen molar-refractivity contribution in [1.29, 1.82) is 0 Å². The monoisotopic (exact) mass is 216 g/mol. The lowest BCUT2D eigenvalue weighted by atomic mass is 10.1. The molecule has 1 aromatic carbocycles.